The normalized spacial score (nSPS) is 15.7. The van der Waals surface area contributed by atoms with Crippen LogP contribution in [0.15, 0.2) is 29.8 Å². The lowest BCUT2D eigenvalue weighted by atomic mass is 10.0. The van der Waals surface area contributed by atoms with E-state index < -0.39 is 11.8 Å². The molecule has 88 valence electrons. The fraction of sp³-hybridized carbons (Fsp3) is 0.231. The van der Waals surface area contributed by atoms with Crippen LogP contribution in [0.1, 0.15) is 18.4 Å². The van der Waals surface area contributed by atoms with Gasteiger partial charge in [0.15, 0.2) is 5.78 Å². The smallest absolute Gasteiger partial charge is 0.339 e. The topological polar surface area (TPSA) is 54.4 Å². The summed E-state index contributed by atoms with van der Waals surface area (Å²) in [6, 6.07) is 5.34. The predicted octanol–water partition coefficient (Wildman–Crippen LogP) is 2.27. The van der Waals surface area contributed by atoms with E-state index in [9.17, 15) is 14.0 Å². The van der Waals surface area contributed by atoms with E-state index in [1.807, 2.05) is 0 Å². The molecular weight excluding hydrogens is 223 g/mol. The van der Waals surface area contributed by atoms with Gasteiger partial charge in [-0.15, -0.1) is 0 Å². The summed E-state index contributed by atoms with van der Waals surface area (Å²) in [5, 5.41) is 8.97. The van der Waals surface area contributed by atoms with Gasteiger partial charge >= 0.3 is 5.97 Å². The van der Waals surface area contributed by atoms with Gasteiger partial charge in [-0.3, -0.25) is 4.79 Å². The molecular formula is C13H11FO3. The molecule has 0 heterocycles. The fourth-order valence-electron chi connectivity index (χ4n) is 1.53. The second kappa shape index (κ2) is 4.49. The van der Waals surface area contributed by atoms with Gasteiger partial charge in [-0.1, -0.05) is 12.1 Å². The van der Waals surface area contributed by atoms with Crippen molar-refractivity contribution in [3.8, 4) is 0 Å². The maximum atomic E-state index is 12.7. The molecule has 4 heteroatoms. The third-order valence-electron chi connectivity index (χ3n) is 2.63. The molecule has 0 atom stereocenters. The number of carbonyl (C=O) groups excluding carboxylic acids is 1. The standard InChI is InChI=1S/C13H11FO3/c14-10-5-1-8(2-6-10)7-11(13(16)17)12(15)9-3-4-9/h1-2,5-7,9H,3-4H2,(H,16,17). The molecule has 1 N–H and O–H groups in total. The third-order valence-corrected chi connectivity index (χ3v) is 2.63. The molecule has 0 unspecified atom stereocenters. The summed E-state index contributed by atoms with van der Waals surface area (Å²) in [4.78, 5) is 22.7. The Morgan fingerprint density at radius 2 is 1.82 bits per heavy atom. The van der Waals surface area contributed by atoms with E-state index in [1.165, 1.54) is 30.3 Å². The highest BCUT2D eigenvalue weighted by molar-refractivity contribution is 6.21. The van der Waals surface area contributed by atoms with Crippen molar-refractivity contribution in [1.29, 1.82) is 0 Å². The van der Waals surface area contributed by atoms with Gasteiger partial charge in [0.2, 0.25) is 0 Å². The molecule has 1 aliphatic rings. The van der Waals surface area contributed by atoms with Crippen molar-refractivity contribution in [3.63, 3.8) is 0 Å². The molecule has 0 bridgehead atoms. The van der Waals surface area contributed by atoms with E-state index >= 15 is 0 Å². The lowest BCUT2D eigenvalue weighted by molar-refractivity contribution is -0.134. The van der Waals surface area contributed by atoms with Crippen molar-refractivity contribution in [2.24, 2.45) is 5.92 Å². The van der Waals surface area contributed by atoms with Gasteiger partial charge in [-0.25, -0.2) is 9.18 Å². The van der Waals surface area contributed by atoms with Gasteiger partial charge in [0.25, 0.3) is 0 Å². The Morgan fingerprint density at radius 1 is 1.24 bits per heavy atom. The molecule has 0 amide bonds. The first-order valence-electron chi connectivity index (χ1n) is 5.32. The van der Waals surface area contributed by atoms with E-state index in [1.54, 1.807) is 0 Å². The van der Waals surface area contributed by atoms with Gasteiger partial charge in [0.1, 0.15) is 11.4 Å². The number of halogens is 1. The minimum atomic E-state index is -1.23. The zero-order valence-corrected chi connectivity index (χ0v) is 9.02. The molecule has 1 fully saturated rings. The Balaban J connectivity index is 2.28. The van der Waals surface area contributed by atoms with Gasteiger partial charge in [-0.05, 0) is 36.6 Å². The van der Waals surface area contributed by atoms with Crippen LogP contribution in [-0.2, 0) is 9.59 Å². The van der Waals surface area contributed by atoms with E-state index in [4.69, 9.17) is 5.11 Å². The van der Waals surface area contributed by atoms with E-state index in [-0.39, 0.29) is 17.3 Å². The van der Waals surface area contributed by atoms with Crippen LogP contribution in [0.3, 0.4) is 0 Å². The zero-order valence-electron chi connectivity index (χ0n) is 9.02. The van der Waals surface area contributed by atoms with Crippen molar-refractivity contribution in [3.05, 3.63) is 41.2 Å². The Hall–Kier alpha value is -1.97. The van der Waals surface area contributed by atoms with Gasteiger partial charge in [0.05, 0.1) is 0 Å². The van der Waals surface area contributed by atoms with Crippen LogP contribution in [0.5, 0.6) is 0 Å². The summed E-state index contributed by atoms with van der Waals surface area (Å²) >= 11 is 0. The quantitative estimate of drug-likeness (QED) is 0.494. The first kappa shape index (κ1) is 11.5. The molecule has 3 nitrogen and oxygen atoms in total. The molecule has 1 aromatic rings. The Kier molecular flexibility index (Phi) is 3.04. The van der Waals surface area contributed by atoms with Crippen molar-refractivity contribution in [2.45, 2.75) is 12.8 Å². The maximum Gasteiger partial charge on any atom is 0.339 e. The number of hydrogen-bond acceptors (Lipinski definition) is 2. The number of ketones is 1. The largest absolute Gasteiger partial charge is 0.478 e. The highest BCUT2D eigenvalue weighted by Gasteiger charge is 2.34. The molecule has 0 saturated heterocycles. The lowest BCUT2D eigenvalue weighted by Gasteiger charge is -2.00. The summed E-state index contributed by atoms with van der Waals surface area (Å²) in [5.41, 5.74) is 0.289. The number of rotatable bonds is 4. The number of carbonyl (C=O) groups is 2. The van der Waals surface area contributed by atoms with Gasteiger partial charge in [0, 0.05) is 5.92 Å². The Labute approximate surface area is 97.6 Å². The number of benzene rings is 1. The van der Waals surface area contributed by atoms with E-state index in [0.29, 0.717) is 5.56 Å². The number of Topliss-reactive ketones (excluding diaryl/α,β-unsaturated/α-hetero) is 1. The average molecular weight is 234 g/mol. The number of carboxylic acid groups (broad SMARTS) is 1. The van der Waals surface area contributed by atoms with Crippen LogP contribution in [0, 0.1) is 11.7 Å². The van der Waals surface area contributed by atoms with Crippen LogP contribution in [0.4, 0.5) is 4.39 Å². The minimum absolute atomic E-state index is 0.141. The average Bonchev–Trinajstić information content (AvgIpc) is 3.11. The monoisotopic (exact) mass is 234 g/mol. The lowest BCUT2D eigenvalue weighted by Crippen LogP contribution is -2.13. The van der Waals surface area contributed by atoms with Crippen LogP contribution in [0.2, 0.25) is 0 Å². The van der Waals surface area contributed by atoms with Crippen molar-refractivity contribution >= 4 is 17.8 Å². The summed E-state index contributed by atoms with van der Waals surface area (Å²) in [5.74, 6) is -2.10. The summed E-state index contributed by atoms with van der Waals surface area (Å²) in [7, 11) is 0. The molecule has 0 radical (unpaired) electrons. The Morgan fingerprint density at radius 3 is 2.29 bits per heavy atom. The fourth-order valence-corrected chi connectivity index (χ4v) is 1.53. The molecule has 2 rings (SSSR count). The molecule has 0 spiro atoms. The number of hydrogen-bond donors (Lipinski definition) is 1. The number of carboxylic acids is 1. The molecule has 17 heavy (non-hydrogen) atoms. The van der Waals surface area contributed by atoms with Crippen molar-refractivity contribution in [2.75, 3.05) is 0 Å². The number of aliphatic carboxylic acids is 1. The van der Waals surface area contributed by atoms with Gasteiger partial charge < -0.3 is 5.11 Å². The minimum Gasteiger partial charge on any atom is -0.478 e. The Bertz CT molecular complexity index is 484. The predicted molar refractivity (Wildman–Crippen MR) is 59.7 cm³/mol. The first-order chi connectivity index (χ1) is 8.08. The maximum absolute atomic E-state index is 12.7. The van der Waals surface area contributed by atoms with E-state index in [2.05, 4.69) is 0 Å². The zero-order chi connectivity index (χ0) is 12.4. The first-order valence-corrected chi connectivity index (χ1v) is 5.32. The van der Waals surface area contributed by atoms with Gasteiger partial charge in [-0.2, -0.15) is 0 Å². The summed E-state index contributed by atoms with van der Waals surface area (Å²) in [6.45, 7) is 0. The van der Waals surface area contributed by atoms with Crippen LogP contribution >= 0.6 is 0 Å². The second-order valence-corrected chi connectivity index (χ2v) is 4.05. The van der Waals surface area contributed by atoms with E-state index in [0.717, 1.165) is 12.8 Å². The van der Waals surface area contributed by atoms with Crippen LogP contribution in [0.25, 0.3) is 6.08 Å². The highest BCUT2D eigenvalue weighted by atomic mass is 19.1. The third kappa shape index (κ3) is 2.78. The summed E-state index contributed by atoms with van der Waals surface area (Å²) < 4.78 is 12.7. The SMILES string of the molecule is O=C(O)C(=Cc1ccc(F)cc1)C(=O)C1CC1. The van der Waals surface area contributed by atoms with Crippen LogP contribution in [-0.4, -0.2) is 16.9 Å². The molecule has 1 aliphatic carbocycles. The molecule has 0 aromatic heterocycles. The molecule has 1 aromatic carbocycles. The molecule has 1 saturated carbocycles. The summed E-state index contributed by atoms with van der Waals surface area (Å²) in [6.07, 6.45) is 2.81. The van der Waals surface area contributed by atoms with Crippen molar-refractivity contribution in [1.82, 2.24) is 0 Å². The highest BCUT2D eigenvalue weighted by Crippen LogP contribution is 2.32. The second-order valence-electron chi connectivity index (χ2n) is 4.05. The van der Waals surface area contributed by atoms with Crippen molar-refractivity contribution < 1.29 is 19.1 Å². The molecule has 0 aliphatic heterocycles. The van der Waals surface area contributed by atoms with Crippen LogP contribution < -0.4 is 0 Å².